The van der Waals surface area contributed by atoms with Crippen LogP contribution < -0.4 is 4.90 Å². The van der Waals surface area contributed by atoms with Crippen LogP contribution in [-0.2, 0) is 0 Å². The third-order valence-electron chi connectivity index (χ3n) is 14.1. The lowest BCUT2D eigenvalue weighted by Gasteiger charge is -2.29. The second-order valence-corrected chi connectivity index (χ2v) is 19.1. The van der Waals surface area contributed by atoms with E-state index in [4.69, 9.17) is 15.0 Å². The molecule has 0 spiro atoms. The molecule has 0 N–H and O–H groups in total. The molecule has 0 amide bonds. The average Bonchev–Trinajstić information content (AvgIpc) is 3.40. The molecule has 72 heavy (non-hydrogen) atoms. The van der Waals surface area contributed by atoms with Crippen molar-refractivity contribution >= 4 is 28.1 Å². The highest BCUT2D eigenvalue weighted by Gasteiger charge is 2.28. The molecule has 0 aliphatic heterocycles. The van der Waals surface area contributed by atoms with Crippen LogP contribution >= 0.6 is 0 Å². The lowest BCUT2D eigenvalue weighted by Crippen LogP contribution is -2.17. The molecule has 0 radical (unpaired) electrons. The minimum atomic E-state index is 0.0134. The molecule has 0 saturated carbocycles. The van der Waals surface area contributed by atoms with Crippen LogP contribution in [0, 0.1) is 41.5 Å². The summed E-state index contributed by atoms with van der Waals surface area (Å²) in [6, 6.07) is 80.2. The fraction of sp³-hybridized carbons (Fsp3) is 0.103. The minimum Gasteiger partial charge on any atom is -0.278 e. The van der Waals surface area contributed by atoms with E-state index >= 15 is 0 Å². The molecule has 0 saturated heterocycles. The van der Waals surface area contributed by atoms with Gasteiger partial charge in [-0.1, -0.05) is 211 Å². The third kappa shape index (κ3) is 8.77. The second-order valence-electron chi connectivity index (χ2n) is 19.1. The van der Waals surface area contributed by atoms with E-state index in [1.165, 1.54) is 50.1 Å². The van der Waals surface area contributed by atoms with E-state index in [-0.39, 0.29) is 5.92 Å². The van der Waals surface area contributed by atoms with Crippen LogP contribution in [0.5, 0.6) is 0 Å². The average molecular weight is 929 g/mol. The first-order valence-electron chi connectivity index (χ1n) is 24.9. The highest BCUT2D eigenvalue weighted by Crippen LogP contribution is 2.45. The Labute approximate surface area is 424 Å². The Balaban J connectivity index is 1.19. The fourth-order valence-corrected chi connectivity index (χ4v) is 11.1. The number of anilines is 3. The van der Waals surface area contributed by atoms with Gasteiger partial charge in [-0.2, -0.15) is 9.97 Å². The lowest BCUT2D eigenvalue weighted by molar-refractivity contribution is 0.919. The van der Waals surface area contributed by atoms with E-state index in [1.54, 1.807) is 0 Å². The summed E-state index contributed by atoms with van der Waals surface area (Å²) in [6.45, 7) is 13.5. The van der Waals surface area contributed by atoms with Gasteiger partial charge in [0.05, 0.1) is 5.69 Å². The number of fused-ring (bicyclic) bond motifs is 1. The van der Waals surface area contributed by atoms with Gasteiger partial charge in [0, 0.05) is 33.9 Å². The molecule has 0 aliphatic rings. The van der Waals surface area contributed by atoms with Gasteiger partial charge in [-0.25, -0.2) is 4.98 Å². The quantitative estimate of drug-likeness (QED) is 0.121. The number of benzene rings is 10. The molecule has 4 nitrogen and oxygen atoms in total. The van der Waals surface area contributed by atoms with Crippen molar-refractivity contribution in [1.82, 2.24) is 15.0 Å². The number of rotatable bonds is 11. The van der Waals surface area contributed by atoms with Crippen LogP contribution in [0.15, 0.2) is 224 Å². The van der Waals surface area contributed by atoms with Gasteiger partial charge in [0.25, 0.3) is 0 Å². The SMILES string of the molecule is Cc1cc(C)c(C(c2ccc(N(c3nc(-c4ccccc4-c4ccccc4)nc(-c4ccc5ccccc5c4-c4ccccc4)n3)c3ccccc3-c3ccccc3)cc2)c2c(C)cc(C)cc2C)c(C)c1. The molecule has 0 fully saturated rings. The van der Waals surface area contributed by atoms with Crippen LogP contribution in [0.2, 0.25) is 0 Å². The zero-order valence-electron chi connectivity index (χ0n) is 41.7. The largest absolute Gasteiger partial charge is 0.278 e. The molecule has 0 bridgehead atoms. The van der Waals surface area contributed by atoms with Crippen molar-refractivity contribution in [2.45, 2.75) is 47.5 Å². The summed E-state index contributed by atoms with van der Waals surface area (Å²) < 4.78 is 0. The zero-order chi connectivity index (χ0) is 49.3. The van der Waals surface area contributed by atoms with Gasteiger partial charge in [-0.3, -0.25) is 4.90 Å². The van der Waals surface area contributed by atoms with Crippen LogP contribution in [-0.4, -0.2) is 15.0 Å². The highest BCUT2D eigenvalue weighted by atomic mass is 15.3. The first-order valence-corrected chi connectivity index (χ1v) is 24.9. The molecule has 10 aromatic carbocycles. The standard InChI is InChI=1S/C68H56N4/c1-44-40-46(3)62(47(4)41-44)65(63-48(5)42-45(2)43-49(63)6)54-34-37-55(38-35-54)72(61-33-21-20-30-57(61)51-24-12-8-13-25-51)68-70-66(59-32-19-18-29-56(59)50-22-10-7-11-23-50)69-67(71-68)60-39-36-52-26-16-17-31-58(52)64(60)53-27-14-9-15-28-53/h7-43,65H,1-6H3. The van der Waals surface area contributed by atoms with E-state index in [0.29, 0.717) is 17.6 Å². The first-order chi connectivity index (χ1) is 35.2. The van der Waals surface area contributed by atoms with E-state index < -0.39 is 0 Å². The number of hydrogen-bond acceptors (Lipinski definition) is 4. The van der Waals surface area contributed by atoms with E-state index in [9.17, 15) is 0 Å². The topological polar surface area (TPSA) is 41.9 Å². The first kappa shape index (κ1) is 45.7. The van der Waals surface area contributed by atoms with E-state index in [2.05, 4.69) is 271 Å². The summed E-state index contributed by atoms with van der Waals surface area (Å²) in [5, 5.41) is 2.27. The van der Waals surface area contributed by atoms with Crippen molar-refractivity contribution in [2.75, 3.05) is 4.90 Å². The summed E-state index contributed by atoms with van der Waals surface area (Å²) in [5.74, 6) is 1.68. The van der Waals surface area contributed by atoms with Gasteiger partial charge in [-0.05, 0) is 138 Å². The maximum absolute atomic E-state index is 5.63. The summed E-state index contributed by atoms with van der Waals surface area (Å²) in [6.07, 6.45) is 0. The monoisotopic (exact) mass is 928 g/mol. The molecule has 0 unspecified atom stereocenters. The maximum atomic E-state index is 5.63. The Kier molecular flexibility index (Phi) is 12.4. The van der Waals surface area contributed by atoms with Gasteiger partial charge < -0.3 is 0 Å². The Morgan fingerprint density at radius 2 is 0.819 bits per heavy atom. The molecular weight excluding hydrogens is 873 g/mol. The number of aryl methyl sites for hydroxylation is 6. The Hall–Kier alpha value is -8.73. The van der Waals surface area contributed by atoms with Gasteiger partial charge in [0.15, 0.2) is 11.6 Å². The smallest absolute Gasteiger partial charge is 0.238 e. The van der Waals surface area contributed by atoms with Gasteiger partial charge in [0.2, 0.25) is 5.95 Å². The molecular formula is C68H56N4. The second kappa shape index (κ2) is 19.6. The van der Waals surface area contributed by atoms with Crippen LogP contribution in [0.1, 0.15) is 56.0 Å². The summed E-state index contributed by atoms with van der Waals surface area (Å²) >= 11 is 0. The van der Waals surface area contributed by atoms with Gasteiger partial charge in [0.1, 0.15) is 0 Å². The van der Waals surface area contributed by atoms with Crippen molar-refractivity contribution in [1.29, 1.82) is 0 Å². The Bertz CT molecular complexity index is 3650. The summed E-state index contributed by atoms with van der Waals surface area (Å²) in [7, 11) is 0. The van der Waals surface area contributed by atoms with Crippen LogP contribution in [0.25, 0.3) is 66.9 Å². The fourth-order valence-electron chi connectivity index (χ4n) is 11.1. The zero-order valence-corrected chi connectivity index (χ0v) is 41.7. The Morgan fingerprint density at radius 1 is 0.361 bits per heavy atom. The minimum absolute atomic E-state index is 0.0134. The summed E-state index contributed by atoms with van der Waals surface area (Å²) in [4.78, 5) is 19.0. The van der Waals surface area contributed by atoms with Crippen LogP contribution in [0.3, 0.4) is 0 Å². The number of nitrogens with zero attached hydrogens (tertiary/aromatic N) is 4. The molecule has 0 aliphatic carbocycles. The molecule has 0 atom stereocenters. The molecule has 4 heteroatoms. The molecule has 1 aromatic heterocycles. The lowest BCUT2D eigenvalue weighted by atomic mass is 9.77. The maximum Gasteiger partial charge on any atom is 0.238 e. The van der Waals surface area contributed by atoms with Crippen LogP contribution in [0.4, 0.5) is 17.3 Å². The van der Waals surface area contributed by atoms with Gasteiger partial charge >= 0.3 is 0 Å². The number of para-hydroxylation sites is 1. The highest BCUT2D eigenvalue weighted by molar-refractivity contribution is 6.03. The van der Waals surface area contributed by atoms with Crippen molar-refractivity contribution in [3.05, 3.63) is 275 Å². The van der Waals surface area contributed by atoms with Crippen molar-refractivity contribution in [2.24, 2.45) is 0 Å². The van der Waals surface area contributed by atoms with Gasteiger partial charge in [-0.15, -0.1) is 0 Å². The van der Waals surface area contributed by atoms with E-state index in [0.717, 1.165) is 66.7 Å². The predicted molar refractivity (Wildman–Crippen MR) is 301 cm³/mol. The number of hydrogen-bond donors (Lipinski definition) is 0. The third-order valence-corrected chi connectivity index (χ3v) is 14.1. The van der Waals surface area contributed by atoms with Crippen molar-refractivity contribution < 1.29 is 0 Å². The molecule has 11 aromatic rings. The predicted octanol–water partition coefficient (Wildman–Crippen LogP) is 17.9. The van der Waals surface area contributed by atoms with E-state index in [1.807, 2.05) is 0 Å². The Morgan fingerprint density at radius 3 is 1.40 bits per heavy atom. The molecule has 348 valence electrons. The normalized spacial score (nSPS) is 11.3. The number of aromatic nitrogens is 3. The van der Waals surface area contributed by atoms with Crippen molar-refractivity contribution in [3.8, 4) is 56.2 Å². The molecule has 11 rings (SSSR count). The summed E-state index contributed by atoms with van der Waals surface area (Å²) in [5.41, 5.74) is 21.8. The molecule has 1 heterocycles. The van der Waals surface area contributed by atoms with Crippen molar-refractivity contribution in [3.63, 3.8) is 0 Å².